The Morgan fingerprint density at radius 3 is 2.52 bits per heavy atom. The van der Waals surface area contributed by atoms with Gasteiger partial charge in [-0.3, -0.25) is 4.79 Å². The number of halogens is 2. The molecular weight excluding hydrogens is 357 g/mol. The highest BCUT2D eigenvalue weighted by molar-refractivity contribution is 6.31. The van der Waals surface area contributed by atoms with E-state index < -0.39 is 6.10 Å². The molecule has 134 valence electrons. The third-order valence-corrected chi connectivity index (χ3v) is 4.60. The average Bonchev–Trinajstić information content (AvgIpc) is 2.61. The van der Waals surface area contributed by atoms with Gasteiger partial charge in [-0.2, -0.15) is 0 Å². The lowest BCUT2D eigenvalue weighted by Gasteiger charge is -2.18. The zero-order chi connectivity index (χ0) is 18.2. The average molecular weight is 380 g/mol. The fraction of sp³-hybridized carbons (Fsp3) is 0.350. The van der Waals surface area contributed by atoms with E-state index in [4.69, 9.17) is 27.9 Å². The van der Waals surface area contributed by atoms with Crippen LogP contribution < -0.4 is 10.1 Å². The summed E-state index contributed by atoms with van der Waals surface area (Å²) in [4.78, 5) is 12.3. The molecule has 3 nitrogen and oxygen atoms in total. The highest BCUT2D eigenvalue weighted by atomic mass is 35.5. The Balaban J connectivity index is 1.79. The smallest absolute Gasteiger partial charge is 0.261 e. The van der Waals surface area contributed by atoms with E-state index in [9.17, 15) is 4.79 Å². The summed E-state index contributed by atoms with van der Waals surface area (Å²) in [7, 11) is 0. The maximum atomic E-state index is 12.3. The minimum atomic E-state index is -0.504. The SMILES string of the molecule is CC[C@@H](Oc1ccc(Cl)c(C)c1)C(=O)NCCCc1ccc(Cl)cc1. The van der Waals surface area contributed by atoms with Crippen molar-refractivity contribution in [2.24, 2.45) is 0 Å². The maximum Gasteiger partial charge on any atom is 0.261 e. The van der Waals surface area contributed by atoms with E-state index in [0.717, 1.165) is 23.4 Å². The number of hydrogen-bond donors (Lipinski definition) is 1. The summed E-state index contributed by atoms with van der Waals surface area (Å²) in [6, 6.07) is 13.2. The molecule has 5 heteroatoms. The summed E-state index contributed by atoms with van der Waals surface area (Å²) in [6.07, 6.45) is 1.86. The quantitative estimate of drug-likeness (QED) is 0.639. The van der Waals surface area contributed by atoms with Crippen LogP contribution >= 0.6 is 23.2 Å². The molecule has 0 saturated heterocycles. The number of hydrogen-bond acceptors (Lipinski definition) is 2. The lowest BCUT2D eigenvalue weighted by atomic mass is 10.1. The Morgan fingerprint density at radius 2 is 1.88 bits per heavy atom. The van der Waals surface area contributed by atoms with Crippen LogP contribution in [-0.4, -0.2) is 18.6 Å². The van der Waals surface area contributed by atoms with Gasteiger partial charge in [0.2, 0.25) is 0 Å². The van der Waals surface area contributed by atoms with Gasteiger partial charge >= 0.3 is 0 Å². The monoisotopic (exact) mass is 379 g/mol. The van der Waals surface area contributed by atoms with Gasteiger partial charge in [0.15, 0.2) is 6.10 Å². The number of carbonyl (C=O) groups excluding carboxylic acids is 1. The van der Waals surface area contributed by atoms with E-state index in [1.54, 1.807) is 12.1 Å². The zero-order valence-corrected chi connectivity index (χ0v) is 16.0. The maximum absolute atomic E-state index is 12.3. The molecule has 1 atom stereocenters. The zero-order valence-electron chi connectivity index (χ0n) is 14.5. The van der Waals surface area contributed by atoms with Crippen LogP contribution in [0.5, 0.6) is 5.75 Å². The number of aryl methyl sites for hydroxylation is 2. The lowest BCUT2D eigenvalue weighted by Crippen LogP contribution is -2.38. The van der Waals surface area contributed by atoms with Crippen molar-refractivity contribution in [3.8, 4) is 5.75 Å². The largest absolute Gasteiger partial charge is 0.481 e. The van der Waals surface area contributed by atoms with Gasteiger partial charge in [-0.1, -0.05) is 42.3 Å². The molecular formula is C20H23Cl2NO2. The molecule has 0 aliphatic rings. The topological polar surface area (TPSA) is 38.3 Å². The molecule has 1 N–H and O–H groups in total. The van der Waals surface area contributed by atoms with Gasteiger partial charge in [-0.15, -0.1) is 0 Å². The number of amides is 1. The summed E-state index contributed by atoms with van der Waals surface area (Å²) in [6.45, 7) is 4.45. The van der Waals surface area contributed by atoms with Crippen LogP contribution in [0.15, 0.2) is 42.5 Å². The van der Waals surface area contributed by atoms with E-state index in [1.165, 1.54) is 5.56 Å². The molecule has 0 fully saturated rings. The van der Waals surface area contributed by atoms with Crippen LogP contribution in [0.3, 0.4) is 0 Å². The van der Waals surface area contributed by atoms with Crippen molar-refractivity contribution < 1.29 is 9.53 Å². The predicted octanol–water partition coefficient (Wildman–Crippen LogP) is 5.21. The fourth-order valence-corrected chi connectivity index (χ4v) is 2.69. The van der Waals surface area contributed by atoms with Crippen LogP contribution in [-0.2, 0) is 11.2 Å². The van der Waals surface area contributed by atoms with E-state index in [1.807, 2.05) is 44.2 Å². The molecule has 0 aliphatic carbocycles. The van der Waals surface area contributed by atoms with E-state index >= 15 is 0 Å². The second kappa shape index (κ2) is 9.69. The standard InChI is InChI=1S/C20H23Cl2NO2/c1-3-19(25-17-10-11-18(22)14(2)13-17)20(24)23-12-4-5-15-6-8-16(21)9-7-15/h6-11,13,19H,3-5,12H2,1-2H3,(H,23,24)/t19-/m1/s1. The van der Waals surface area contributed by atoms with Gasteiger partial charge in [-0.05, 0) is 67.6 Å². The van der Waals surface area contributed by atoms with Gasteiger partial charge in [0.1, 0.15) is 5.75 Å². The first-order valence-electron chi connectivity index (χ1n) is 8.44. The number of nitrogens with one attached hydrogen (secondary N) is 1. The fourth-order valence-electron chi connectivity index (χ4n) is 2.45. The van der Waals surface area contributed by atoms with Gasteiger partial charge < -0.3 is 10.1 Å². The van der Waals surface area contributed by atoms with Crippen molar-refractivity contribution in [2.75, 3.05) is 6.54 Å². The second-order valence-corrected chi connectivity index (χ2v) is 6.79. The second-order valence-electron chi connectivity index (χ2n) is 5.95. The molecule has 0 radical (unpaired) electrons. The van der Waals surface area contributed by atoms with Gasteiger partial charge in [0.25, 0.3) is 5.91 Å². The summed E-state index contributed by atoms with van der Waals surface area (Å²) in [5.74, 6) is 0.566. The molecule has 0 spiro atoms. The Labute approximate surface area is 159 Å². The number of benzene rings is 2. The molecule has 2 aromatic carbocycles. The molecule has 0 aromatic heterocycles. The van der Waals surface area contributed by atoms with Crippen molar-refractivity contribution in [1.82, 2.24) is 5.32 Å². The van der Waals surface area contributed by atoms with Crippen LogP contribution in [0, 0.1) is 6.92 Å². The highest BCUT2D eigenvalue weighted by Gasteiger charge is 2.18. The van der Waals surface area contributed by atoms with Crippen LogP contribution in [0.2, 0.25) is 10.0 Å². The summed E-state index contributed by atoms with van der Waals surface area (Å²) < 4.78 is 5.80. The van der Waals surface area contributed by atoms with Gasteiger partial charge in [-0.25, -0.2) is 0 Å². The van der Waals surface area contributed by atoms with Crippen LogP contribution in [0.4, 0.5) is 0 Å². The summed E-state index contributed by atoms with van der Waals surface area (Å²) in [5, 5.41) is 4.37. The van der Waals surface area contributed by atoms with Gasteiger partial charge in [0.05, 0.1) is 0 Å². The van der Waals surface area contributed by atoms with Crippen LogP contribution in [0.25, 0.3) is 0 Å². The van der Waals surface area contributed by atoms with E-state index in [-0.39, 0.29) is 5.91 Å². The van der Waals surface area contributed by atoms with E-state index in [0.29, 0.717) is 23.7 Å². The van der Waals surface area contributed by atoms with Crippen molar-refractivity contribution in [1.29, 1.82) is 0 Å². The molecule has 2 rings (SSSR count). The minimum Gasteiger partial charge on any atom is -0.481 e. The van der Waals surface area contributed by atoms with E-state index in [2.05, 4.69) is 5.32 Å². The van der Waals surface area contributed by atoms with Crippen LogP contribution in [0.1, 0.15) is 30.9 Å². The predicted molar refractivity (Wildman–Crippen MR) is 104 cm³/mol. The van der Waals surface area contributed by atoms with Crippen molar-refractivity contribution in [3.05, 3.63) is 63.6 Å². The normalized spacial score (nSPS) is 11.8. The molecule has 25 heavy (non-hydrogen) atoms. The van der Waals surface area contributed by atoms with Gasteiger partial charge in [0, 0.05) is 16.6 Å². The van der Waals surface area contributed by atoms with Crippen molar-refractivity contribution in [2.45, 2.75) is 39.2 Å². The first-order chi connectivity index (χ1) is 12.0. The number of carbonyl (C=O) groups is 1. The van der Waals surface area contributed by atoms with Crippen molar-refractivity contribution >= 4 is 29.1 Å². The molecule has 1 amide bonds. The highest BCUT2D eigenvalue weighted by Crippen LogP contribution is 2.22. The first-order valence-corrected chi connectivity index (χ1v) is 9.20. The Hall–Kier alpha value is -1.71. The molecule has 0 bridgehead atoms. The molecule has 0 unspecified atom stereocenters. The molecule has 0 aliphatic heterocycles. The molecule has 0 heterocycles. The number of rotatable bonds is 8. The third-order valence-electron chi connectivity index (χ3n) is 3.93. The molecule has 0 saturated carbocycles. The number of ether oxygens (including phenoxy) is 1. The first kappa shape index (κ1) is 19.6. The minimum absolute atomic E-state index is 0.0915. The lowest BCUT2D eigenvalue weighted by molar-refractivity contribution is -0.128. The Bertz CT molecular complexity index is 701. The Morgan fingerprint density at radius 1 is 1.16 bits per heavy atom. The summed E-state index contributed by atoms with van der Waals surface area (Å²) >= 11 is 11.9. The molecule has 2 aromatic rings. The Kier molecular flexibility index (Phi) is 7.60. The third kappa shape index (κ3) is 6.26. The van der Waals surface area contributed by atoms with Crippen molar-refractivity contribution in [3.63, 3.8) is 0 Å². The summed E-state index contributed by atoms with van der Waals surface area (Å²) in [5.41, 5.74) is 2.14.